The van der Waals surface area contributed by atoms with E-state index in [2.05, 4.69) is 19.2 Å². The molecule has 1 heterocycles. The molecule has 1 aliphatic heterocycles. The van der Waals surface area contributed by atoms with Gasteiger partial charge in [0.25, 0.3) is 0 Å². The normalized spacial score (nSPS) is 24.3. The minimum Gasteiger partial charge on any atom is -0.504 e. The number of nitrogens with zero attached hydrogens (tertiary/aromatic N) is 1. The van der Waals surface area contributed by atoms with Crippen LogP contribution >= 0.6 is 0 Å². The summed E-state index contributed by atoms with van der Waals surface area (Å²) < 4.78 is 5.11. The molecule has 1 aromatic carbocycles. The van der Waals surface area contributed by atoms with Gasteiger partial charge in [0, 0.05) is 19.1 Å². The van der Waals surface area contributed by atoms with Crippen molar-refractivity contribution >= 4 is 12.0 Å². The van der Waals surface area contributed by atoms with Crippen LogP contribution in [0, 0.1) is 17.3 Å². The lowest BCUT2D eigenvalue weighted by Crippen LogP contribution is -2.47. The zero-order valence-electron chi connectivity index (χ0n) is 17.5. The van der Waals surface area contributed by atoms with Crippen molar-refractivity contribution in [1.82, 2.24) is 10.2 Å². The van der Waals surface area contributed by atoms with Crippen molar-refractivity contribution in [1.29, 1.82) is 0 Å². The van der Waals surface area contributed by atoms with E-state index in [9.17, 15) is 19.8 Å². The Labute approximate surface area is 172 Å². The van der Waals surface area contributed by atoms with E-state index < -0.39 is 6.09 Å². The largest absolute Gasteiger partial charge is 0.504 e. The fourth-order valence-electron chi connectivity index (χ4n) is 4.82. The van der Waals surface area contributed by atoms with Gasteiger partial charge in [-0.25, -0.2) is 4.79 Å². The quantitative estimate of drug-likeness (QED) is 0.696. The van der Waals surface area contributed by atoms with Crippen molar-refractivity contribution in [3.05, 3.63) is 23.8 Å². The van der Waals surface area contributed by atoms with Crippen molar-refractivity contribution in [2.24, 2.45) is 17.3 Å². The molecule has 2 atom stereocenters. The van der Waals surface area contributed by atoms with E-state index in [4.69, 9.17) is 4.74 Å². The molecule has 1 saturated heterocycles. The van der Waals surface area contributed by atoms with E-state index >= 15 is 0 Å². The van der Waals surface area contributed by atoms with Crippen LogP contribution in [0.1, 0.15) is 51.5 Å². The van der Waals surface area contributed by atoms with Crippen LogP contribution in [-0.4, -0.2) is 46.8 Å². The number of phenols is 1. The number of carboxylic acid groups (broad SMARTS) is 1. The van der Waals surface area contributed by atoms with Crippen LogP contribution in [0.5, 0.6) is 11.5 Å². The van der Waals surface area contributed by atoms with Gasteiger partial charge in [0.05, 0.1) is 13.0 Å². The van der Waals surface area contributed by atoms with Gasteiger partial charge in [-0.15, -0.1) is 0 Å². The maximum Gasteiger partial charge on any atom is 0.407 e. The number of ether oxygens (including phenoxy) is 1. The molecule has 0 bridgehead atoms. The molecule has 1 aliphatic carbocycles. The molecule has 3 rings (SSSR count). The van der Waals surface area contributed by atoms with Crippen LogP contribution in [0.3, 0.4) is 0 Å². The Morgan fingerprint density at radius 3 is 2.55 bits per heavy atom. The van der Waals surface area contributed by atoms with Gasteiger partial charge in [-0.05, 0) is 61.1 Å². The number of carbonyl (C=O) groups excluding carboxylic acids is 1. The van der Waals surface area contributed by atoms with Gasteiger partial charge < -0.3 is 25.2 Å². The van der Waals surface area contributed by atoms with Gasteiger partial charge in [-0.1, -0.05) is 19.9 Å². The lowest BCUT2D eigenvalue weighted by atomic mass is 9.69. The molecule has 7 nitrogen and oxygen atoms in total. The number of nitrogens with one attached hydrogen (secondary N) is 1. The van der Waals surface area contributed by atoms with Crippen LogP contribution in [-0.2, 0) is 11.3 Å². The highest BCUT2D eigenvalue weighted by Crippen LogP contribution is 2.44. The van der Waals surface area contributed by atoms with Crippen molar-refractivity contribution in [2.75, 3.05) is 13.7 Å². The smallest absolute Gasteiger partial charge is 0.407 e. The minimum atomic E-state index is -0.932. The number of rotatable bonds is 5. The van der Waals surface area contributed by atoms with Gasteiger partial charge in [-0.3, -0.25) is 4.79 Å². The first kappa shape index (κ1) is 21.3. The van der Waals surface area contributed by atoms with Gasteiger partial charge in [0.1, 0.15) is 0 Å². The summed E-state index contributed by atoms with van der Waals surface area (Å²) >= 11 is 0. The summed E-state index contributed by atoms with van der Waals surface area (Å²) in [5.74, 6) is 0.214. The van der Waals surface area contributed by atoms with Crippen LogP contribution < -0.4 is 10.1 Å². The number of benzene rings is 1. The van der Waals surface area contributed by atoms with Gasteiger partial charge >= 0.3 is 6.09 Å². The third-order valence-corrected chi connectivity index (χ3v) is 6.61. The molecule has 7 heteroatoms. The molecule has 2 amide bonds. The van der Waals surface area contributed by atoms with E-state index in [-0.39, 0.29) is 29.5 Å². The Morgan fingerprint density at radius 1 is 1.24 bits per heavy atom. The third-order valence-electron chi connectivity index (χ3n) is 6.61. The Morgan fingerprint density at radius 2 is 1.93 bits per heavy atom. The van der Waals surface area contributed by atoms with Gasteiger partial charge in [-0.2, -0.15) is 0 Å². The summed E-state index contributed by atoms with van der Waals surface area (Å²) in [7, 11) is 1.48. The second-order valence-corrected chi connectivity index (χ2v) is 9.09. The molecule has 0 aromatic heterocycles. The van der Waals surface area contributed by atoms with Crippen molar-refractivity contribution in [3.8, 4) is 11.5 Å². The summed E-state index contributed by atoms with van der Waals surface area (Å²) in [6.07, 6.45) is 3.66. The van der Waals surface area contributed by atoms with Crippen LogP contribution in [0.15, 0.2) is 18.2 Å². The first-order valence-electron chi connectivity index (χ1n) is 10.3. The number of methoxy groups -OCH3 is 1. The molecule has 2 fully saturated rings. The first-order chi connectivity index (χ1) is 13.7. The Hall–Kier alpha value is -2.44. The summed E-state index contributed by atoms with van der Waals surface area (Å²) in [4.78, 5) is 26.2. The number of phenolic OH excluding ortho intramolecular Hbond substituents is 1. The van der Waals surface area contributed by atoms with Crippen LogP contribution in [0.25, 0.3) is 0 Å². The molecular weight excluding hydrogens is 372 g/mol. The monoisotopic (exact) mass is 404 g/mol. The van der Waals surface area contributed by atoms with Crippen molar-refractivity contribution < 1.29 is 24.5 Å². The highest BCUT2D eigenvalue weighted by atomic mass is 16.5. The molecule has 2 aliphatic rings. The fourth-order valence-corrected chi connectivity index (χ4v) is 4.82. The van der Waals surface area contributed by atoms with E-state index in [1.165, 1.54) is 18.1 Å². The maximum absolute atomic E-state index is 13.0. The van der Waals surface area contributed by atoms with Crippen molar-refractivity contribution in [3.63, 3.8) is 0 Å². The lowest BCUT2D eigenvalue weighted by Gasteiger charge is -2.40. The van der Waals surface area contributed by atoms with Gasteiger partial charge in [0.15, 0.2) is 11.5 Å². The topological polar surface area (TPSA) is 99.1 Å². The molecule has 0 spiro atoms. The van der Waals surface area contributed by atoms with Crippen LogP contribution in [0.2, 0.25) is 0 Å². The predicted octanol–water partition coefficient (Wildman–Crippen LogP) is 3.60. The molecular formula is C22H32N2O5. The summed E-state index contributed by atoms with van der Waals surface area (Å²) in [5, 5.41) is 22.3. The molecule has 0 radical (unpaired) electrons. The minimum absolute atomic E-state index is 0.0516. The number of amides is 2. The molecule has 1 aromatic rings. The average molecular weight is 405 g/mol. The predicted molar refractivity (Wildman–Crippen MR) is 109 cm³/mol. The number of likely N-dealkylation sites (tertiary alicyclic amines) is 1. The first-order valence-corrected chi connectivity index (χ1v) is 10.3. The lowest BCUT2D eigenvalue weighted by molar-refractivity contribution is -0.126. The zero-order chi connectivity index (χ0) is 21.2. The summed E-state index contributed by atoms with van der Waals surface area (Å²) in [6.45, 7) is 5.22. The number of hydrogen-bond donors (Lipinski definition) is 3. The second-order valence-electron chi connectivity index (χ2n) is 9.09. The number of carbonyl (C=O) groups is 2. The number of aromatic hydroxyl groups is 1. The van der Waals surface area contributed by atoms with E-state index in [1.807, 2.05) is 0 Å². The van der Waals surface area contributed by atoms with Gasteiger partial charge in [0.2, 0.25) is 5.91 Å². The third kappa shape index (κ3) is 4.77. The van der Waals surface area contributed by atoms with E-state index in [1.54, 1.807) is 12.1 Å². The van der Waals surface area contributed by atoms with Crippen molar-refractivity contribution in [2.45, 2.75) is 58.5 Å². The highest BCUT2D eigenvalue weighted by Gasteiger charge is 2.46. The number of hydrogen-bond acceptors (Lipinski definition) is 4. The second kappa shape index (κ2) is 8.51. The summed E-state index contributed by atoms with van der Waals surface area (Å²) in [6, 6.07) is 4.71. The van der Waals surface area contributed by atoms with E-state index in [0.29, 0.717) is 30.7 Å². The molecule has 160 valence electrons. The molecule has 1 saturated carbocycles. The SMILES string of the molecule is COc1cc(CNC(=O)C2CCN(C(=O)O)[C@H]2C2CCC(C)(C)CC2)ccc1O. The fraction of sp³-hybridized carbons (Fsp3) is 0.636. The molecule has 1 unspecified atom stereocenters. The van der Waals surface area contributed by atoms with E-state index in [0.717, 1.165) is 31.2 Å². The Bertz CT molecular complexity index is 754. The maximum atomic E-state index is 13.0. The van der Waals surface area contributed by atoms with Crippen LogP contribution in [0.4, 0.5) is 4.79 Å². The molecule has 29 heavy (non-hydrogen) atoms. The molecule has 3 N–H and O–H groups in total. The average Bonchev–Trinajstić information content (AvgIpc) is 3.12. The highest BCUT2D eigenvalue weighted by molar-refractivity contribution is 5.81. The Balaban J connectivity index is 1.68. The standard InChI is InChI=1S/C22H32N2O5/c1-22(2)9-6-15(7-10-22)19-16(8-11-24(19)21(27)28)20(26)23-13-14-4-5-17(25)18(12-14)29-3/h4-5,12,15-16,19,25H,6-11,13H2,1-3H3,(H,23,26)(H,27,28)/t16?,19-/m0/s1. The zero-order valence-corrected chi connectivity index (χ0v) is 17.5. The summed E-state index contributed by atoms with van der Waals surface area (Å²) in [5.41, 5.74) is 1.11. The Kier molecular flexibility index (Phi) is 6.24.